The summed E-state index contributed by atoms with van der Waals surface area (Å²) in [5.41, 5.74) is 5.31. The molecule has 0 saturated carbocycles. The third kappa shape index (κ3) is 5.56. The highest BCUT2D eigenvalue weighted by Crippen LogP contribution is 2.30. The lowest BCUT2D eigenvalue weighted by molar-refractivity contribution is -0.384. The van der Waals surface area contributed by atoms with Crippen LogP contribution in [0.25, 0.3) is 0 Å². The number of amides is 2. The van der Waals surface area contributed by atoms with E-state index < -0.39 is 22.7 Å². The summed E-state index contributed by atoms with van der Waals surface area (Å²) in [4.78, 5) is 47.5. The van der Waals surface area contributed by atoms with E-state index in [1.54, 1.807) is 38.1 Å². The molecule has 37 heavy (non-hydrogen) atoms. The van der Waals surface area contributed by atoms with Gasteiger partial charge >= 0.3 is 5.97 Å². The summed E-state index contributed by atoms with van der Waals surface area (Å²) in [6, 6.07) is 11.5. The highest BCUT2D eigenvalue weighted by Gasteiger charge is 2.28. The van der Waals surface area contributed by atoms with Crippen LogP contribution in [0.4, 0.5) is 11.4 Å². The van der Waals surface area contributed by atoms with Crippen molar-refractivity contribution in [2.45, 2.75) is 33.1 Å². The third-order valence-corrected chi connectivity index (χ3v) is 5.82. The van der Waals surface area contributed by atoms with E-state index in [1.807, 2.05) is 0 Å². The van der Waals surface area contributed by atoms with Gasteiger partial charge < -0.3 is 14.5 Å². The van der Waals surface area contributed by atoms with Crippen LogP contribution in [0.5, 0.6) is 0 Å². The van der Waals surface area contributed by atoms with Gasteiger partial charge in [0.15, 0.2) is 5.76 Å². The van der Waals surface area contributed by atoms with Crippen molar-refractivity contribution >= 4 is 34.9 Å². The molecule has 0 fully saturated rings. The van der Waals surface area contributed by atoms with Crippen LogP contribution in [-0.4, -0.2) is 35.0 Å². The Kier molecular flexibility index (Phi) is 7.42. The number of hydrazone groups is 1. The number of carbonyl (C=O) groups excluding carboxylic acids is 3. The molecule has 2 amide bonds. The molecule has 1 heterocycles. The monoisotopic (exact) mass is 504 g/mol. The Hall–Kier alpha value is -4.80. The minimum atomic E-state index is -0.542. The normalized spacial score (nSPS) is 13.5. The highest BCUT2D eigenvalue weighted by atomic mass is 16.6. The number of ether oxygens (including phenoxy) is 1. The van der Waals surface area contributed by atoms with Gasteiger partial charge in [-0.15, -0.1) is 0 Å². The number of anilines is 1. The fourth-order valence-electron chi connectivity index (χ4n) is 4.01. The molecular formula is C26H24N4O7. The minimum Gasteiger partial charge on any atom is -0.462 e. The Labute approximate surface area is 211 Å². The van der Waals surface area contributed by atoms with Gasteiger partial charge in [0.25, 0.3) is 17.5 Å². The summed E-state index contributed by atoms with van der Waals surface area (Å²) in [6.45, 7) is 3.74. The lowest BCUT2D eigenvalue weighted by atomic mass is 9.93. The Morgan fingerprint density at radius 2 is 1.70 bits per heavy atom. The van der Waals surface area contributed by atoms with Gasteiger partial charge in [0, 0.05) is 40.9 Å². The van der Waals surface area contributed by atoms with Gasteiger partial charge in [-0.1, -0.05) is 0 Å². The number of nitrogens with zero attached hydrogens (tertiary/aromatic N) is 2. The summed E-state index contributed by atoms with van der Waals surface area (Å²) in [5, 5.41) is 17.8. The number of non-ortho nitro benzene ring substituents is 1. The molecular weight excluding hydrogens is 480 g/mol. The van der Waals surface area contributed by atoms with Crippen LogP contribution in [0.2, 0.25) is 0 Å². The SMILES string of the molecule is CCOC(=O)c1ccc(NC(=O)c2oc3c(c2C)/C(=N/NC(=O)c2ccc([N+](=O)[O-])cc2)CCC3)cc1. The molecule has 3 aromatic rings. The molecule has 11 nitrogen and oxygen atoms in total. The van der Waals surface area contributed by atoms with Crippen molar-refractivity contribution in [3.05, 3.63) is 92.4 Å². The van der Waals surface area contributed by atoms with Crippen molar-refractivity contribution in [2.75, 3.05) is 11.9 Å². The summed E-state index contributed by atoms with van der Waals surface area (Å²) < 4.78 is 10.8. The van der Waals surface area contributed by atoms with E-state index in [0.717, 1.165) is 6.42 Å². The number of benzene rings is 2. The maximum atomic E-state index is 13.0. The zero-order valence-electron chi connectivity index (χ0n) is 20.2. The maximum Gasteiger partial charge on any atom is 0.338 e. The minimum absolute atomic E-state index is 0.116. The van der Waals surface area contributed by atoms with Crippen molar-refractivity contribution in [2.24, 2.45) is 5.10 Å². The summed E-state index contributed by atoms with van der Waals surface area (Å²) in [5.74, 6) is -0.668. The van der Waals surface area contributed by atoms with E-state index in [-0.39, 0.29) is 23.6 Å². The number of nitro groups is 1. The molecule has 0 aliphatic heterocycles. The second kappa shape index (κ2) is 10.9. The van der Waals surface area contributed by atoms with Gasteiger partial charge in [0.05, 0.1) is 22.8 Å². The molecule has 0 saturated heterocycles. The molecule has 11 heteroatoms. The van der Waals surface area contributed by atoms with Crippen molar-refractivity contribution in [3.63, 3.8) is 0 Å². The molecule has 190 valence electrons. The van der Waals surface area contributed by atoms with Crippen LogP contribution < -0.4 is 10.7 Å². The number of carbonyl (C=O) groups is 3. The number of nitrogens with one attached hydrogen (secondary N) is 2. The van der Waals surface area contributed by atoms with Crippen molar-refractivity contribution in [3.8, 4) is 0 Å². The number of esters is 1. The number of fused-ring (bicyclic) bond motifs is 1. The van der Waals surface area contributed by atoms with E-state index in [1.165, 1.54) is 24.3 Å². The summed E-state index contributed by atoms with van der Waals surface area (Å²) in [6.07, 6.45) is 1.92. The second-order valence-corrected chi connectivity index (χ2v) is 8.26. The summed E-state index contributed by atoms with van der Waals surface area (Å²) in [7, 11) is 0. The number of aryl methyl sites for hydroxylation is 1. The fourth-order valence-corrected chi connectivity index (χ4v) is 4.01. The summed E-state index contributed by atoms with van der Waals surface area (Å²) >= 11 is 0. The fraction of sp³-hybridized carbons (Fsp3) is 0.231. The maximum absolute atomic E-state index is 13.0. The Morgan fingerprint density at radius 1 is 1.03 bits per heavy atom. The number of furan rings is 1. The number of rotatable bonds is 7. The van der Waals surface area contributed by atoms with E-state index in [2.05, 4.69) is 15.8 Å². The first-order chi connectivity index (χ1) is 17.8. The first kappa shape index (κ1) is 25.3. The molecule has 0 bridgehead atoms. The van der Waals surface area contributed by atoms with E-state index in [0.29, 0.717) is 46.7 Å². The average molecular weight is 504 g/mol. The third-order valence-electron chi connectivity index (χ3n) is 5.82. The molecule has 1 aliphatic rings. The average Bonchev–Trinajstić information content (AvgIpc) is 3.25. The molecule has 0 radical (unpaired) electrons. The molecule has 1 aromatic heterocycles. The van der Waals surface area contributed by atoms with Gasteiger partial charge in [0.2, 0.25) is 0 Å². The van der Waals surface area contributed by atoms with E-state index in [4.69, 9.17) is 9.15 Å². The van der Waals surface area contributed by atoms with Crippen LogP contribution in [0, 0.1) is 17.0 Å². The van der Waals surface area contributed by atoms with Crippen LogP contribution in [-0.2, 0) is 11.2 Å². The van der Waals surface area contributed by atoms with Crippen molar-refractivity contribution in [1.29, 1.82) is 0 Å². The Balaban J connectivity index is 1.49. The van der Waals surface area contributed by atoms with E-state index >= 15 is 0 Å². The van der Waals surface area contributed by atoms with Crippen molar-refractivity contribution < 1.29 is 28.5 Å². The zero-order chi connectivity index (χ0) is 26.5. The predicted molar refractivity (Wildman–Crippen MR) is 134 cm³/mol. The molecule has 0 unspecified atom stereocenters. The molecule has 0 spiro atoms. The topological polar surface area (TPSA) is 153 Å². The van der Waals surface area contributed by atoms with E-state index in [9.17, 15) is 24.5 Å². The molecule has 0 atom stereocenters. The van der Waals surface area contributed by atoms with Crippen LogP contribution in [0.15, 0.2) is 58.0 Å². The lowest BCUT2D eigenvalue weighted by Gasteiger charge is -2.13. The number of nitro benzene ring substituents is 1. The molecule has 1 aliphatic carbocycles. The van der Waals surface area contributed by atoms with Gasteiger partial charge in [-0.05, 0) is 63.1 Å². The smallest absolute Gasteiger partial charge is 0.338 e. The molecule has 4 rings (SSSR count). The van der Waals surface area contributed by atoms with Gasteiger partial charge in [-0.2, -0.15) is 5.10 Å². The molecule has 2 aromatic carbocycles. The quantitative estimate of drug-likeness (QED) is 0.275. The zero-order valence-corrected chi connectivity index (χ0v) is 20.2. The second-order valence-electron chi connectivity index (χ2n) is 8.26. The predicted octanol–water partition coefficient (Wildman–Crippen LogP) is 4.40. The van der Waals surface area contributed by atoms with Crippen LogP contribution in [0.1, 0.15) is 67.9 Å². The number of hydrogen-bond acceptors (Lipinski definition) is 8. The molecule has 2 N–H and O–H groups in total. The van der Waals surface area contributed by atoms with Crippen LogP contribution in [0.3, 0.4) is 0 Å². The standard InChI is InChI=1S/C26H24N4O7/c1-3-36-26(33)17-7-11-18(12-8-17)27-25(32)23-15(2)22-20(5-4-6-21(22)37-23)28-29-24(31)16-9-13-19(14-10-16)30(34)35/h7-14H,3-6H2,1-2H3,(H,27,32)(H,29,31)/b28-20+. The van der Waals surface area contributed by atoms with Gasteiger partial charge in [-0.3, -0.25) is 19.7 Å². The van der Waals surface area contributed by atoms with Crippen LogP contribution >= 0.6 is 0 Å². The first-order valence-corrected chi connectivity index (χ1v) is 11.6. The Bertz CT molecular complexity index is 1390. The first-order valence-electron chi connectivity index (χ1n) is 11.6. The van der Waals surface area contributed by atoms with Crippen molar-refractivity contribution in [1.82, 2.24) is 5.43 Å². The Morgan fingerprint density at radius 3 is 2.35 bits per heavy atom. The van der Waals surface area contributed by atoms with Gasteiger partial charge in [0.1, 0.15) is 5.76 Å². The number of hydrogen-bond donors (Lipinski definition) is 2. The van der Waals surface area contributed by atoms with Gasteiger partial charge in [-0.25, -0.2) is 10.2 Å². The largest absolute Gasteiger partial charge is 0.462 e. The highest BCUT2D eigenvalue weighted by molar-refractivity contribution is 6.09. The lowest BCUT2D eigenvalue weighted by Crippen LogP contribution is -2.22.